The van der Waals surface area contributed by atoms with Crippen molar-refractivity contribution in [3.05, 3.63) is 23.8 Å². The monoisotopic (exact) mass is 249 g/mol. The van der Waals surface area contributed by atoms with Gasteiger partial charge in [-0.25, -0.2) is 0 Å². The molecule has 0 radical (unpaired) electrons. The zero-order valence-electron chi connectivity index (χ0n) is 9.81. The molecule has 4 heteroatoms. The average Bonchev–Trinajstić information content (AvgIpc) is 2.72. The summed E-state index contributed by atoms with van der Waals surface area (Å²) in [5, 5.41) is 0. The third kappa shape index (κ3) is 2.69. The Bertz CT molecular complexity index is 445. The SMILES string of the molecule is CC(=O)N1CCc2cc(SCCC=O)ccc21. The highest BCUT2D eigenvalue weighted by atomic mass is 32.2. The standard InChI is InChI=1S/C13H15NO2S/c1-10(16)14-6-5-11-9-12(3-4-13(11)14)17-8-2-7-15/h3-4,7,9H,2,5-6,8H2,1H3. The van der Waals surface area contributed by atoms with Crippen LogP contribution in [0.3, 0.4) is 0 Å². The van der Waals surface area contributed by atoms with Crippen LogP contribution in [0, 0.1) is 0 Å². The van der Waals surface area contributed by atoms with Gasteiger partial charge in [0.1, 0.15) is 6.29 Å². The van der Waals surface area contributed by atoms with Crippen LogP contribution in [0.2, 0.25) is 0 Å². The molecule has 0 saturated heterocycles. The number of hydrogen-bond acceptors (Lipinski definition) is 3. The van der Waals surface area contributed by atoms with Crippen LogP contribution < -0.4 is 4.90 Å². The van der Waals surface area contributed by atoms with Gasteiger partial charge in [0.25, 0.3) is 0 Å². The Balaban J connectivity index is 2.11. The fraction of sp³-hybridized carbons (Fsp3) is 0.385. The van der Waals surface area contributed by atoms with E-state index in [0.29, 0.717) is 6.42 Å². The molecule has 1 amide bonds. The second kappa shape index (κ2) is 5.36. The largest absolute Gasteiger partial charge is 0.312 e. The molecule has 0 bridgehead atoms. The first-order valence-electron chi connectivity index (χ1n) is 5.70. The van der Waals surface area contributed by atoms with Crippen molar-refractivity contribution in [2.75, 3.05) is 17.2 Å². The van der Waals surface area contributed by atoms with Crippen molar-refractivity contribution >= 4 is 29.6 Å². The summed E-state index contributed by atoms with van der Waals surface area (Å²) in [7, 11) is 0. The van der Waals surface area contributed by atoms with Gasteiger partial charge in [-0.1, -0.05) is 0 Å². The molecule has 1 heterocycles. The zero-order valence-corrected chi connectivity index (χ0v) is 10.6. The Morgan fingerprint density at radius 2 is 2.35 bits per heavy atom. The summed E-state index contributed by atoms with van der Waals surface area (Å²) in [6.07, 6.45) is 2.45. The van der Waals surface area contributed by atoms with E-state index in [0.717, 1.165) is 30.7 Å². The summed E-state index contributed by atoms with van der Waals surface area (Å²) in [6, 6.07) is 6.16. The first-order chi connectivity index (χ1) is 8.22. The summed E-state index contributed by atoms with van der Waals surface area (Å²) in [4.78, 5) is 24.6. The van der Waals surface area contributed by atoms with Crippen LogP contribution in [0.25, 0.3) is 0 Å². The third-order valence-electron chi connectivity index (χ3n) is 2.83. The van der Waals surface area contributed by atoms with E-state index in [2.05, 4.69) is 6.07 Å². The molecule has 0 aromatic heterocycles. The molecule has 0 fully saturated rings. The van der Waals surface area contributed by atoms with Gasteiger partial charge in [0, 0.05) is 36.2 Å². The summed E-state index contributed by atoms with van der Waals surface area (Å²) in [6.45, 7) is 2.38. The van der Waals surface area contributed by atoms with Gasteiger partial charge in [-0.05, 0) is 30.2 Å². The summed E-state index contributed by atoms with van der Waals surface area (Å²) in [5.41, 5.74) is 2.27. The van der Waals surface area contributed by atoms with Gasteiger partial charge in [0.2, 0.25) is 5.91 Å². The minimum absolute atomic E-state index is 0.102. The van der Waals surface area contributed by atoms with E-state index in [1.54, 1.807) is 18.7 Å². The highest BCUT2D eigenvalue weighted by molar-refractivity contribution is 7.99. The number of benzene rings is 1. The van der Waals surface area contributed by atoms with Crippen LogP contribution in [0.4, 0.5) is 5.69 Å². The minimum Gasteiger partial charge on any atom is -0.312 e. The van der Waals surface area contributed by atoms with Crippen molar-refractivity contribution in [3.8, 4) is 0 Å². The second-order valence-corrected chi connectivity index (χ2v) is 5.18. The number of carbonyl (C=O) groups is 2. The van der Waals surface area contributed by atoms with Crippen molar-refractivity contribution in [1.29, 1.82) is 0 Å². The number of anilines is 1. The van der Waals surface area contributed by atoms with Gasteiger partial charge in [-0.3, -0.25) is 4.79 Å². The van der Waals surface area contributed by atoms with E-state index >= 15 is 0 Å². The predicted octanol–water partition coefficient (Wildman–Crippen LogP) is 2.28. The molecule has 0 spiro atoms. The molecule has 90 valence electrons. The molecule has 1 aliphatic heterocycles. The molecule has 1 aromatic carbocycles. The first kappa shape index (κ1) is 12.2. The molecule has 17 heavy (non-hydrogen) atoms. The Hall–Kier alpha value is -1.29. The maximum Gasteiger partial charge on any atom is 0.223 e. The highest BCUT2D eigenvalue weighted by Crippen LogP contribution is 2.32. The van der Waals surface area contributed by atoms with Crippen molar-refractivity contribution in [3.63, 3.8) is 0 Å². The number of thioether (sulfide) groups is 1. The van der Waals surface area contributed by atoms with E-state index < -0.39 is 0 Å². The predicted molar refractivity (Wildman–Crippen MR) is 69.6 cm³/mol. The van der Waals surface area contributed by atoms with E-state index in [1.807, 2.05) is 17.0 Å². The van der Waals surface area contributed by atoms with E-state index in [1.165, 1.54) is 10.5 Å². The van der Waals surface area contributed by atoms with Gasteiger partial charge in [-0.15, -0.1) is 11.8 Å². The average molecular weight is 249 g/mol. The van der Waals surface area contributed by atoms with Gasteiger partial charge in [0.05, 0.1) is 0 Å². The van der Waals surface area contributed by atoms with E-state index in [-0.39, 0.29) is 5.91 Å². The molecule has 0 saturated carbocycles. The quantitative estimate of drug-likeness (QED) is 0.467. The maximum atomic E-state index is 11.4. The van der Waals surface area contributed by atoms with Crippen molar-refractivity contribution in [1.82, 2.24) is 0 Å². The number of carbonyl (C=O) groups excluding carboxylic acids is 2. The van der Waals surface area contributed by atoms with Crippen LogP contribution in [0.5, 0.6) is 0 Å². The van der Waals surface area contributed by atoms with Crippen LogP contribution in [0.15, 0.2) is 23.1 Å². The smallest absolute Gasteiger partial charge is 0.223 e. The van der Waals surface area contributed by atoms with E-state index in [9.17, 15) is 9.59 Å². The fourth-order valence-electron chi connectivity index (χ4n) is 2.02. The van der Waals surface area contributed by atoms with Crippen LogP contribution >= 0.6 is 11.8 Å². The molecule has 2 rings (SSSR count). The molecule has 1 aliphatic rings. The van der Waals surface area contributed by atoms with Gasteiger partial charge in [-0.2, -0.15) is 0 Å². The Morgan fingerprint density at radius 3 is 3.06 bits per heavy atom. The lowest BCUT2D eigenvalue weighted by Gasteiger charge is -2.14. The molecule has 0 N–H and O–H groups in total. The highest BCUT2D eigenvalue weighted by Gasteiger charge is 2.21. The van der Waals surface area contributed by atoms with E-state index in [4.69, 9.17) is 0 Å². The lowest BCUT2D eigenvalue weighted by molar-refractivity contribution is -0.116. The Kier molecular flexibility index (Phi) is 3.84. The summed E-state index contributed by atoms with van der Waals surface area (Å²) < 4.78 is 0. The lowest BCUT2D eigenvalue weighted by Crippen LogP contribution is -2.25. The molecular weight excluding hydrogens is 234 g/mol. The van der Waals surface area contributed by atoms with Crippen LogP contribution in [0.1, 0.15) is 18.9 Å². The molecule has 0 atom stereocenters. The number of hydrogen-bond donors (Lipinski definition) is 0. The van der Waals surface area contributed by atoms with Crippen molar-refractivity contribution in [2.24, 2.45) is 0 Å². The Labute approximate surface area is 105 Å². The third-order valence-corrected chi connectivity index (χ3v) is 3.86. The Morgan fingerprint density at radius 1 is 1.53 bits per heavy atom. The zero-order chi connectivity index (χ0) is 12.3. The molecule has 0 unspecified atom stereocenters. The number of amides is 1. The number of rotatable bonds is 4. The van der Waals surface area contributed by atoms with Crippen LogP contribution in [-0.2, 0) is 16.0 Å². The summed E-state index contributed by atoms with van der Waals surface area (Å²) >= 11 is 1.69. The summed E-state index contributed by atoms with van der Waals surface area (Å²) in [5.74, 6) is 0.920. The van der Waals surface area contributed by atoms with Gasteiger partial charge < -0.3 is 9.69 Å². The topological polar surface area (TPSA) is 37.4 Å². The maximum absolute atomic E-state index is 11.4. The molecular formula is C13H15NO2S. The van der Waals surface area contributed by atoms with Gasteiger partial charge >= 0.3 is 0 Å². The normalized spacial score (nSPS) is 13.6. The fourth-order valence-corrected chi connectivity index (χ4v) is 2.86. The lowest BCUT2D eigenvalue weighted by atomic mass is 10.2. The molecule has 1 aromatic rings. The van der Waals surface area contributed by atoms with Crippen LogP contribution in [-0.4, -0.2) is 24.5 Å². The van der Waals surface area contributed by atoms with Gasteiger partial charge in [0.15, 0.2) is 0 Å². The number of aldehydes is 1. The number of nitrogens with zero attached hydrogens (tertiary/aromatic N) is 1. The van der Waals surface area contributed by atoms with Crippen molar-refractivity contribution < 1.29 is 9.59 Å². The molecule has 0 aliphatic carbocycles. The van der Waals surface area contributed by atoms with Crippen molar-refractivity contribution in [2.45, 2.75) is 24.7 Å². The molecule has 3 nitrogen and oxygen atoms in total. The second-order valence-electron chi connectivity index (χ2n) is 4.01. The number of fused-ring (bicyclic) bond motifs is 1. The first-order valence-corrected chi connectivity index (χ1v) is 6.68. The minimum atomic E-state index is 0.102.